The highest BCUT2D eigenvalue weighted by Crippen LogP contribution is 2.20. The van der Waals surface area contributed by atoms with Crippen LogP contribution in [0, 0.1) is 17.0 Å². The molecule has 1 heterocycles. The molecule has 22 heavy (non-hydrogen) atoms. The molecule has 0 saturated heterocycles. The van der Waals surface area contributed by atoms with Crippen LogP contribution >= 0.6 is 23.2 Å². The number of carbonyl (C=O) groups is 1. The second-order valence-corrected chi connectivity index (χ2v) is 5.35. The number of hydrogen-bond acceptors (Lipinski definition) is 4. The number of aryl methyl sites for hydroxylation is 1. The minimum Gasteiger partial charge on any atom is -0.358 e. The molecule has 0 atom stereocenters. The largest absolute Gasteiger partial charge is 0.390 e. The lowest BCUT2D eigenvalue weighted by Crippen LogP contribution is -2.28. The van der Waals surface area contributed by atoms with Crippen LogP contribution in [-0.2, 0) is 6.54 Å². The maximum absolute atomic E-state index is 12.0. The Hall–Kier alpha value is -2.12. The van der Waals surface area contributed by atoms with Crippen LogP contribution in [0.3, 0.4) is 0 Å². The molecule has 2 aromatic rings. The number of nitrogens with zero attached hydrogens (tertiary/aromatic N) is 3. The molecule has 0 saturated carbocycles. The molecule has 1 N–H and O–H groups in total. The second-order valence-electron chi connectivity index (χ2n) is 4.50. The normalized spacial score (nSPS) is 10.5. The fourth-order valence-corrected chi connectivity index (χ4v) is 2.35. The summed E-state index contributed by atoms with van der Waals surface area (Å²) in [7, 11) is 0. The molecule has 0 bridgehead atoms. The van der Waals surface area contributed by atoms with Gasteiger partial charge in [0.1, 0.15) is 0 Å². The molecule has 0 unspecified atom stereocenters. The molecule has 7 nitrogen and oxygen atoms in total. The summed E-state index contributed by atoms with van der Waals surface area (Å²) in [6.07, 6.45) is 0. The molecule has 1 amide bonds. The topological polar surface area (TPSA) is 90.1 Å². The highest BCUT2D eigenvalue weighted by atomic mass is 35.5. The standard InChI is InChI=1S/C13H12Cl2N4O3/c1-8-6-12(19(21)22)17-18(8)5-4-16-13(20)10-3-2-9(14)7-11(10)15/h2-3,6-7H,4-5H2,1H3,(H,16,20). The van der Waals surface area contributed by atoms with Crippen molar-refractivity contribution in [2.45, 2.75) is 13.5 Å². The number of carbonyl (C=O) groups excluding carboxylic acids is 1. The van der Waals surface area contributed by atoms with E-state index in [9.17, 15) is 14.9 Å². The minimum absolute atomic E-state index is 0.218. The summed E-state index contributed by atoms with van der Waals surface area (Å²) >= 11 is 11.7. The summed E-state index contributed by atoms with van der Waals surface area (Å²) in [6.45, 7) is 2.28. The number of nitro groups is 1. The molecular weight excluding hydrogens is 331 g/mol. The molecule has 0 fully saturated rings. The average molecular weight is 343 g/mol. The van der Waals surface area contributed by atoms with Gasteiger partial charge in [0.15, 0.2) is 0 Å². The first-order valence-electron chi connectivity index (χ1n) is 6.30. The Morgan fingerprint density at radius 1 is 1.41 bits per heavy atom. The third kappa shape index (κ3) is 3.75. The van der Waals surface area contributed by atoms with Crippen LogP contribution in [0.15, 0.2) is 24.3 Å². The van der Waals surface area contributed by atoms with Gasteiger partial charge in [0.05, 0.1) is 34.0 Å². The number of amides is 1. The summed E-state index contributed by atoms with van der Waals surface area (Å²) in [6, 6.07) is 5.96. The van der Waals surface area contributed by atoms with Gasteiger partial charge in [0.2, 0.25) is 0 Å². The van der Waals surface area contributed by atoms with Crippen LogP contribution in [0.5, 0.6) is 0 Å². The number of aromatic nitrogens is 2. The van der Waals surface area contributed by atoms with Crippen molar-refractivity contribution in [3.05, 3.63) is 55.7 Å². The third-order valence-corrected chi connectivity index (χ3v) is 3.49. The van der Waals surface area contributed by atoms with Gasteiger partial charge in [-0.1, -0.05) is 23.2 Å². The molecule has 2 rings (SSSR count). The SMILES string of the molecule is Cc1cc([N+](=O)[O-])nn1CCNC(=O)c1ccc(Cl)cc1Cl. The summed E-state index contributed by atoms with van der Waals surface area (Å²) in [5.74, 6) is -0.564. The maximum Gasteiger partial charge on any atom is 0.390 e. The smallest absolute Gasteiger partial charge is 0.358 e. The van der Waals surface area contributed by atoms with Crippen molar-refractivity contribution in [2.75, 3.05) is 6.54 Å². The number of halogens is 2. The van der Waals surface area contributed by atoms with E-state index < -0.39 is 4.92 Å². The highest BCUT2D eigenvalue weighted by molar-refractivity contribution is 6.36. The van der Waals surface area contributed by atoms with E-state index in [1.807, 2.05) is 0 Å². The van der Waals surface area contributed by atoms with E-state index in [1.165, 1.54) is 22.9 Å². The van der Waals surface area contributed by atoms with Crippen LogP contribution in [-0.4, -0.2) is 27.2 Å². The summed E-state index contributed by atoms with van der Waals surface area (Å²) in [5, 5.41) is 17.8. The molecule has 116 valence electrons. The van der Waals surface area contributed by atoms with Gasteiger partial charge >= 0.3 is 5.82 Å². The van der Waals surface area contributed by atoms with E-state index >= 15 is 0 Å². The Labute approximate surface area is 136 Å². The van der Waals surface area contributed by atoms with E-state index in [4.69, 9.17) is 23.2 Å². The van der Waals surface area contributed by atoms with Gasteiger partial charge in [-0.25, -0.2) is 0 Å². The monoisotopic (exact) mass is 342 g/mol. The van der Waals surface area contributed by atoms with Crippen molar-refractivity contribution in [1.82, 2.24) is 15.1 Å². The first-order valence-corrected chi connectivity index (χ1v) is 7.06. The van der Waals surface area contributed by atoms with E-state index in [2.05, 4.69) is 10.4 Å². The van der Waals surface area contributed by atoms with E-state index in [-0.39, 0.29) is 23.3 Å². The van der Waals surface area contributed by atoms with Crippen molar-refractivity contribution in [3.63, 3.8) is 0 Å². The highest BCUT2D eigenvalue weighted by Gasteiger charge is 2.15. The zero-order chi connectivity index (χ0) is 16.3. The molecule has 0 spiro atoms. The van der Waals surface area contributed by atoms with Crippen LogP contribution in [0.2, 0.25) is 10.0 Å². The lowest BCUT2D eigenvalue weighted by molar-refractivity contribution is -0.389. The first-order chi connectivity index (χ1) is 10.4. The van der Waals surface area contributed by atoms with Crippen LogP contribution < -0.4 is 5.32 Å². The molecule has 0 aliphatic rings. The van der Waals surface area contributed by atoms with Crippen LogP contribution in [0.1, 0.15) is 16.1 Å². The predicted molar refractivity (Wildman–Crippen MR) is 82.4 cm³/mol. The number of benzene rings is 1. The second kappa shape index (κ2) is 6.76. The minimum atomic E-state index is -0.560. The Morgan fingerprint density at radius 2 is 2.14 bits per heavy atom. The van der Waals surface area contributed by atoms with Gasteiger partial charge in [0.25, 0.3) is 5.91 Å². The van der Waals surface area contributed by atoms with Crippen LogP contribution in [0.4, 0.5) is 5.82 Å². The van der Waals surface area contributed by atoms with Gasteiger partial charge in [-0.05, 0) is 30.0 Å². The van der Waals surface area contributed by atoms with Gasteiger partial charge in [-0.2, -0.15) is 4.68 Å². The zero-order valence-corrected chi connectivity index (χ0v) is 13.1. The molecule has 0 aliphatic carbocycles. The quantitative estimate of drug-likeness (QED) is 0.668. The lowest BCUT2D eigenvalue weighted by atomic mass is 10.2. The van der Waals surface area contributed by atoms with Crippen molar-refractivity contribution < 1.29 is 9.72 Å². The molecule has 0 aliphatic heterocycles. The molecular formula is C13H12Cl2N4O3. The molecule has 0 radical (unpaired) electrons. The average Bonchev–Trinajstić information content (AvgIpc) is 2.80. The summed E-state index contributed by atoms with van der Waals surface area (Å²) in [5.41, 5.74) is 0.958. The van der Waals surface area contributed by atoms with Gasteiger partial charge in [0, 0.05) is 11.6 Å². The summed E-state index contributed by atoms with van der Waals surface area (Å²) in [4.78, 5) is 22.1. The van der Waals surface area contributed by atoms with Gasteiger partial charge < -0.3 is 15.4 Å². The zero-order valence-electron chi connectivity index (χ0n) is 11.5. The Balaban J connectivity index is 1.96. The molecule has 1 aromatic heterocycles. The van der Waals surface area contributed by atoms with Crippen LogP contribution in [0.25, 0.3) is 0 Å². The fraction of sp³-hybridized carbons (Fsp3) is 0.231. The van der Waals surface area contributed by atoms with Gasteiger partial charge in [-0.15, -0.1) is 0 Å². The number of rotatable bonds is 5. The van der Waals surface area contributed by atoms with Crippen molar-refractivity contribution >= 4 is 34.9 Å². The lowest BCUT2D eigenvalue weighted by Gasteiger charge is -2.06. The van der Waals surface area contributed by atoms with Gasteiger partial charge in [-0.3, -0.25) is 4.79 Å². The first kappa shape index (κ1) is 16.3. The van der Waals surface area contributed by atoms with Crippen molar-refractivity contribution in [1.29, 1.82) is 0 Å². The summed E-state index contributed by atoms with van der Waals surface area (Å²) < 4.78 is 1.46. The predicted octanol–water partition coefficient (Wildman–Crippen LogP) is 2.84. The van der Waals surface area contributed by atoms with Crippen molar-refractivity contribution in [2.24, 2.45) is 0 Å². The molecule has 1 aromatic carbocycles. The third-order valence-electron chi connectivity index (χ3n) is 2.94. The van der Waals surface area contributed by atoms with E-state index in [1.54, 1.807) is 13.0 Å². The Bertz CT molecular complexity index is 730. The van der Waals surface area contributed by atoms with Crippen molar-refractivity contribution in [3.8, 4) is 0 Å². The fourth-order valence-electron chi connectivity index (χ4n) is 1.85. The number of hydrogen-bond donors (Lipinski definition) is 1. The van der Waals surface area contributed by atoms with E-state index in [0.717, 1.165) is 0 Å². The number of nitrogens with one attached hydrogen (secondary N) is 1. The Morgan fingerprint density at radius 3 is 2.73 bits per heavy atom. The Kier molecular flexibility index (Phi) is 4.99. The van der Waals surface area contributed by atoms with E-state index in [0.29, 0.717) is 22.8 Å². The molecule has 9 heteroatoms. The maximum atomic E-state index is 12.0.